The first kappa shape index (κ1) is 13.2. The Labute approximate surface area is 116 Å². The molecule has 0 aliphatic carbocycles. The van der Waals surface area contributed by atoms with Gasteiger partial charge in [-0.15, -0.1) is 0 Å². The number of halogens is 1. The number of piperazine rings is 1. The summed E-state index contributed by atoms with van der Waals surface area (Å²) in [6.07, 6.45) is 1.56. The van der Waals surface area contributed by atoms with Crippen LogP contribution in [0.1, 0.15) is 0 Å². The van der Waals surface area contributed by atoms with E-state index in [4.69, 9.17) is 10.6 Å². The number of hydrazine groups is 1. The highest BCUT2D eigenvalue weighted by Crippen LogP contribution is 2.26. The van der Waals surface area contributed by atoms with Gasteiger partial charge in [-0.1, -0.05) is 6.07 Å². The van der Waals surface area contributed by atoms with E-state index in [1.807, 2.05) is 6.07 Å². The van der Waals surface area contributed by atoms with Gasteiger partial charge in [-0.2, -0.15) is 0 Å². The number of nitrogens with zero attached hydrogens (tertiary/aromatic N) is 3. The predicted octanol–water partition coefficient (Wildman–Crippen LogP) is 1.34. The van der Waals surface area contributed by atoms with Gasteiger partial charge in [0.25, 0.3) is 0 Å². The van der Waals surface area contributed by atoms with Crippen molar-refractivity contribution in [1.82, 2.24) is 9.99 Å². The fourth-order valence-corrected chi connectivity index (χ4v) is 2.54. The number of benzene rings is 1. The lowest BCUT2D eigenvalue weighted by Gasteiger charge is -2.38. The van der Waals surface area contributed by atoms with E-state index in [1.54, 1.807) is 24.4 Å². The molecule has 1 atom stereocenters. The maximum Gasteiger partial charge on any atom is 0.140 e. The second-order valence-corrected chi connectivity index (χ2v) is 4.87. The zero-order valence-electron chi connectivity index (χ0n) is 11.3. The summed E-state index contributed by atoms with van der Waals surface area (Å²) in [5.74, 6) is 6.39. The average molecular weight is 276 g/mol. The van der Waals surface area contributed by atoms with Gasteiger partial charge in [0.15, 0.2) is 0 Å². The van der Waals surface area contributed by atoms with Crippen LogP contribution in [0.25, 0.3) is 10.8 Å². The number of ether oxygens (including phenoxy) is 1. The number of methoxy groups -OCH3 is 1. The Hall–Kier alpha value is -1.76. The highest BCUT2D eigenvalue weighted by molar-refractivity contribution is 5.92. The third-order valence-corrected chi connectivity index (χ3v) is 3.65. The molecule has 1 fully saturated rings. The summed E-state index contributed by atoms with van der Waals surface area (Å²) in [6, 6.07) is 6.63. The van der Waals surface area contributed by atoms with E-state index in [-0.39, 0.29) is 12.0 Å². The smallest absolute Gasteiger partial charge is 0.140 e. The molecule has 3 rings (SSSR count). The molecule has 1 unspecified atom stereocenters. The minimum atomic E-state index is -0.257. The Morgan fingerprint density at radius 1 is 1.35 bits per heavy atom. The summed E-state index contributed by atoms with van der Waals surface area (Å²) in [6.45, 7) is 2.01. The van der Waals surface area contributed by atoms with Crippen molar-refractivity contribution in [2.75, 3.05) is 31.6 Å². The van der Waals surface area contributed by atoms with Crippen molar-refractivity contribution >= 4 is 16.6 Å². The zero-order chi connectivity index (χ0) is 14.1. The van der Waals surface area contributed by atoms with Crippen LogP contribution in [-0.2, 0) is 4.74 Å². The highest BCUT2D eigenvalue weighted by atomic mass is 19.1. The Bertz CT molecular complexity index is 621. The van der Waals surface area contributed by atoms with Crippen molar-refractivity contribution in [2.24, 2.45) is 5.84 Å². The van der Waals surface area contributed by atoms with Crippen molar-refractivity contribution in [2.45, 2.75) is 6.23 Å². The highest BCUT2D eigenvalue weighted by Gasteiger charge is 2.26. The molecule has 1 saturated heterocycles. The maximum atomic E-state index is 13.5. The molecule has 0 saturated carbocycles. The van der Waals surface area contributed by atoms with Crippen LogP contribution >= 0.6 is 0 Å². The van der Waals surface area contributed by atoms with Crippen LogP contribution in [-0.4, -0.2) is 43.0 Å². The van der Waals surface area contributed by atoms with Gasteiger partial charge in [0.1, 0.15) is 17.9 Å². The van der Waals surface area contributed by atoms with Crippen molar-refractivity contribution in [3.63, 3.8) is 0 Å². The van der Waals surface area contributed by atoms with E-state index >= 15 is 0 Å². The second kappa shape index (κ2) is 5.32. The van der Waals surface area contributed by atoms with Gasteiger partial charge in [-0.3, -0.25) is 5.84 Å². The van der Waals surface area contributed by atoms with Gasteiger partial charge >= 0.3 is 0 Å². The van der Waals surface area contributed by atoms with E-state index in [9.17, 15) is 4.39 Å². The Morgan fingerprint density at radius 2 is 2.20 bits per heavy atom. The fourth-order valence-electron chi connectivity index (χ4n) is 2.54. The van der Waals surface area contributed by atoms with E-state index in [0.717, 1.165) is 23.1 Å². The van der Waals surface area contributed by atoms with E-state index < -0.39 is 0 Å². The zero-order valence-corrected chi connectivity index (χ0v) is 11.3. The standard InChI is InChI=1S/C14H17FN4O/c1-20-13-9-18(6-7-19(13)16)14-12-8-11(15)3-2-10(12)4-5-17-14/h2-5,8,13H,6-7,9,16H2,1H3. The molecule has 0 spiro atoms. The van der Waals surface area contributed by atoms with Gasteiger partial charge < -0.3 is 9.64 Å². The Morgan fingerprint density at radius 3 is 3.00 bits per heavy atom. The van der Waals surface area contributed by atoms with Crippen molar-refractivity contribution in [1.29, 1.82) is 0 Å². The molecule has 6 heteroatoms. The molecule has 2 N–H and O–H groups in total. The number of rotatable bonds is 2. The minimum absolute atomic E-state index is 0.186. The summed E-state index contributed by atoms with van der Waals surface area (Å²) in [5.41, 5.74) is 0. The number of hydrogen-bond acceptors (Lipinski definition) is 5. The van der Waals surface area contributed by atoms with Crippen LogP contribution in [0.4, 0.5) is 10.2 Å². The van der Waals surface area contributed by atoms with Gasteiger partial charge in [0, 0.05) is 31.8 Å². The number of fused-ring (bicyclic) bond motifs is 1. The lowest BCUT2D eigenvalue weighted by atomic mass is 10.1. The maximum absolute atomic E-state index is 13.5. The van der Waals surface area contributed by atoms with Crippen molar-refractivity contribution in [3.05, 3.63) is 36.3 Å². The molecule has 5 nitrogen and oxygen atoms in total. The number of aromatic nitrogens is 1. The lowest BCUT2D eigenvalue weighted by Crippen LogP contribution is -2.57. The van der Waals surface area contributed by atoms with Crippen molar-refractivity contribution < 1.29 is 9.13 Å². The molecule has 0 radical (unpaired) electrons. The van der Waals surface area contributed by atoms with E-state index in [0.29, 0.717) is 13.1 Å². The van der Waals surface area contributed by atoms with Crippen LogP contribution in [0, 0.1) is 5.82 Å². The van der Waals surface area contributed by atoms with Crippen LogP contribution in [0.2, 0.25) is 0 Å². The van der Waals surface area contributed by atoms with E-state index in [2.05, 4.69) is 9.88 Å². The van der Waals surface area contributed by atoms with Crippen molar-refractivity contribution in [3.8, 4) is 0 Å². The van der Waals surface area contributed by atoms with Crippen LogP contribution < -0.4 is 10.7 Å². The molecule has 1 aromatic carbocycles. The largest absolute Gasteiger partial charge is 0.363 e. The lowest BCUT2D eigenvalue weighted by molar-refractivity contribution is -0.0385. The number of hydrogen-bond donors (Lipinski definition) is 1. The normalized spacial score (nSPS) is 20.6. The van der Waals surface area contributed by atoms with E-state index in [1.165, 1.54) is 12.1 Å². The summed E-state index contributed by atoms with van der Waals surface area (Å²) < 4.78 is 18.8. The van der Waals surface area contributed by atoms with Crippen LogP contribution in [0.3, 0.4) is 0 Å². The third-order valence-electron chi connectivity index (χ3n) is 3.65. The van der Waals surface area contributed by atoms with Crippen LogP contribution in [0.15, 0.2) is 30.5 Å². The monoisotopic (exact) mass is 276 g/mol. The molecule has 2 aromatic rings. The minimum Gasteiger partial charge on any atom is -0.363 e. The molecular formula is C14H17FN4O. The number of nitrogens with two attached hydrogens (primary N) is 1. The second-order valence-electron chi connectivity index (χ2n) is 4.87. The van der Waals surface area contributed by atoms with Gasteiger partial charge in [-0.25, -0.2) is 14.4 Å². The molecule has 20 heavy (non-hydrogen) atoms. The molecule has 2 heterocycles. The predicted molar refractivity (Wildman–Crippen MR) is 75.6 cm³/mol. The SMILES string of the molecule is COC1CN(c2nccc3ccc(F)cc23)CCN1N. The third kappa shape index (κ3) is 2.33. The van der Waals surface area contributed by atoms with Gasteiger partial charge in [-0.05, 0) is 23.6 Å². The Balaban J connectivity index is 1.99. The number of pyridine rings is 1. The first-order chi connectivity index (χ1) is 9.69. The molecule has 1 aromatic heterocycles. The van der Waals surface area contributed by atoms with Gasteiger partial charge in [0.2, 0.25) is 0 Å². The molecule has 0 bridgehead atoms. The summed E-state index contributed by atoms with van der Waals surface area (Å²) in [5, 5.41) is 3.45. The first-order valence-corrected chi connectivity index (χ1v) is 6.52. The molecule has 1 aliphatic rings. The summed E-state index contributed by atoms with van der Waals surface area (Å²) in [7, 11) is 1.63. The molecule has 106 valence electrons. The molecule has 0 amide bonds. The summed E-state index contributed by atoms with van der Waals surface area (Å²) in [4.78, 5) is 6.49. The summed E-state index contributed by atoms with van der Waals surface area (Å²) >= 11 is 0. The average Bonchev–Trinajstić information content (AvgIpc) is 2.47. The molecule has 1 aliphatic heterocycles. The first-order valence-electron chi connectivity index (χ1n) is 6.52. The topological polar surface area (TPSA) is 54.6 Å². The Kier molecular flexibility index (Phi) is 3.52. The molecular weight excluding hydrogens is 259 g/mol. The fraction of sp³-hybridized carbons (Fsp3) is 0.357. The van der Waals surface area contributed by atoms with Crippen LogP contribution in [0.5, 0.6) is 0 Å². The van der Waals surface area contributed by atoms with Gasteiger partial charge in [0.05, 0.1) is 6.54 Å². The number of anilines is 1. The quantitative estimate of drug-likeness (QED) is 0.839.